The molecule has 0 atom stereocenters. The van der Waals surface area contributed by atoms with Crippen molar-refractivity contribution in [3.8, 4) is 0 Å². The van der Waals surface area contributed by atoms with E-state index in [0.29, 0.717) is 11.1 Å². The number of rotatable bonds is 2. The zero-order valence-electron chi connectivity index (χ0n) is 16.0. The van der Waals surface area contributed by atoms with Crippen LogP contribution in [0.5, 0.6) is 0 Å². The van der Waals surface area contributed by atoms with E-state index in [9.17, 15) is 4.79 Å². The average Bonchev–Trinajstić information content (AvgIpc) is 2.82. The average molecular weight is 384 g/mol. The number of carbonyl (C=O) groups is 1. The van der Waals surface area contributed by atoms with E-state index in [2.05, 4.69) is 46.4 Å². The maximum atomic E-state index is 13.2. The van der Waals surface area contributed by atoms with Crippen LogP contribution in [-0.4, -0.2) is 15.8 Å². The van der Waals surface area contributed by atoms with Gasteiger partial charge in [-0.2, -0.15) is 0 Å². The summed E-state index contributed by atoms with van der Waals surface area (Å²) in [6, 6.07) is 28.3. The second-order valence-corrected chi connectivity index (χ2v) is 7.49. The molecule has 0 unspecified atom stereocenters. The van der Waals surface area contributed by atoms with Gasteiger partial charge in [0.15, 0.2) is 5.78 Å². The Bertz CT molecular complexity index is 1500. The SMILES string of the molecule is O=C(c1cnc2c(ccc3ccccc32)c1)c1cnc2c(ccc3ccccc32)c1. The predicted octanol–water partition coefficient (Wildman–Crippen LogP) is 6.32. The van der Waals surface area contributed by atoms with Gasteiger partial charge in [-0.05, 0) is 22.9 Å². The third kappa shape index (κ3) is 2.56. The number of benzene rings is 4. The van der Waals surface area contributed by atoms with Gasteiger partial charge in [-0.15, -0.1) is 0 Å². The first-order valence-corrected chi connectivity index (χ1v) is 9.88. The van der Waals surface area contributed by atoms with E-state index in [1.54, 1.807) is 12.4 Å². The molecule has 140 valence electrons. The summed E-state index contributed by atoms with van der Waals surface area (Å²) in [6.45, 7) is 0. The Labute approximate surface area is 172 Å². The molecule has 0 aliphatic rings. The molecule has 6 rings (SSSR count). The number of hydrogen-bond acceptors (Lipinski definition) is 3. The van der Waals surface area contributed by atoms with Crippen LogP contribution in [-0.2, 0) is 0 Å². The van der Waals surface area contributed by atoms with Gasteiger partial charge in [0.25, 0.3) is 0 Å². The third-order valence-electron chi connectivity index (χ3n) is 5.68. The lowest BCUT2D eigenvalue weighted by atomic mass is 10.00. The van der Waals surface area contributed by atoms with Crippen molar-refractivity contribution in [1.29, 1.82) is 0 Å². The third-order valence-corrected chi connectivity index (χ3v) is 5.68. The second-order valence-electron chi connectivity index (χ2n) is 7.49. The smallest absolute Gasteiger partial charge is 0.196 e. The zero-order valence-corrected chi connectivity index (χ0v) is 16.0. The van der Waals surface area contributed by atoms with Crippen molar-refractivity contribution in [3.05, 3.63) is 108 Å². The van der Waals surface area contributed by atoms with E-state index in [-0.39, 0.29) is 5.78 Å². The normalized spacial score (nSPS) is 11.5. The van der Waals surface area contributed by atoms with Crippen LogP contribution in [0.4, 0.5) is 0 Å². The van der Waals surface area contributed by atoms with Crippen molar-refractivity contribution < 1.29 is 4.79 Å². The number of fused-ring (bicyclic) bond motifs is 6. The summed E-state index contributed by atoms with van der Waals surface area (Å²) in [7, 11) is 0. The van der Waals surface area contributed by atoms with Gasteiger partial charge >= 0.3 is 0 Å². The van der Waals surface area contributed by atoms with Gasteiger partial charge in [0.2, 0.25) is 0 Å². The van der Waals surface area contributed by atoms with E-state index >= 15 is 0 Å². The summed E-state index contributed by atoms with van der Waals surface area (Å²) >= 11 is 0. The molecule has 6 aromatic rings. The minimum atomic E-state index is -0.0693. The fourth-order valence-electron chi connectivity index (χ4n) is 4.16. The highest BCUT2D eigenvalue weighted by atomic mass is 16.1. The summed E-state index contributed by atoms with van der Waals surface area (Å²) in [5.41, 5.74) is 2.96. The molecule has 0 spiro atoms. The van der Waals surface area contributed by atoms with Gasteiger partial charge in [0.1, 0.15) is 0 Å². The topological polar surface area (TPSA) is 42.9 Å². The minimum Gasteiger partial charge on any atom is -0.288 e. The standard InChI is InChI=1S/C27H16N2O/c30-27(21-13-19-11-9-17-5-1-3-7-23(17)25(19)28-15-21)22-14-20-12-10-18-6-2-4-8-24(18)26(20)29-16-22/h1-16H. The molecule has 0 N–H and O–H groups in total. The molecule has 0 aliphatic carbocycles. The van der Waals surface area contributed by atoms with Crippen LogP contribution in [0.1, 0.15) is 15.9 Å². The molecule has 0 radical (unpaired) electrons. The van der Waals surface area contributed by atoms with Gasteiger partial charge in [0.05, 0.1) is 11.0 Å². The van der Waals surface area contributed by atoms with Crippen LogP contribution < -0.4 is 0 Å². The molecular weight excluding hydrogens is 368 g/mol. The zero-order chi connectivity index (χ0) is 20.1. The predicted molar refractivity (Wildman–Crippen MR) is 122 cm³/mol. The van der Waals surface area contributed by atoms with Crippen LogP contribution in [0.15, 0.2) is 97.3 Å². The highest BCUT2D eigenvalue weighted by Crippen LogP contribution is 2.27. The maximum Gasteiger partial charge on any atom is 0.196 e. The van der Waals surface area contributed by atoms with E-state index in [1.807, 2.05) is 48.5 Å². The number of hydrogen-bond donors (Lipinski definition) is 0. The Kier molecular flexibility index (Phi) is 3.62. The molecule has 0 saturated heterocycles. The summed E-state index contributed by atoms with van der Waals surface area (Å²) in [5.74, 6) is -0.0693. The largest absolute Gasteiger partial charge is 0.288 e. The molecule has 3 nitrogen and oxygen atoms in total. The lowest BCUT2D eigenvalue weighted by Gasteiger charge is -2.07. The fourth-order valence-corrected chi connectivity index (χ4v) is 4.16. The lowest BCUT2D eigenvalue weighted by Crippen LogP contribution is -2.03. The first kappa shape index (κ1) is 16.8. The summed E-state index contributed by atoms with van der Waals surface area (Å²) in [6.07, 6.45) is 3.34. The van der Waals surface area contributed by atoms with E-state index in [0.717, 1.165) is 43.4 Å². The van der Waals surface area contributed by atoms with Gasteiger partial charge in [-0.25, -0.2) is 0 Å². The molecule has 2 aromatic heterocycles. The number of pyridine rings is 2. The van der Waals surface area contributed by atoms with Gasteiger partial charge < -0.3 is 0 Å². The number of aromatic nitrogens is 2. The molecule has 0 amide bonds. The number of carbonyl (C=O) groups excluding carboxylic acids is 1. The molecule has 2 heterocycles. The van der Waals surface area contributed by atoms with Gasteiger partial charge in [-0.3, -0.25) is 14.8 Å². The Balaban J connectivity index is 1.46. The van der Waals surface area contributed by atoms with Crippen LogP contribution >= 0.6 is 0 Å². The van der Waals surface area contributed by atoms with Crippen LogP contribution in [0.3, 0.4) is 0 Å². The van der Waals surface area contributed by atoms with E-state index in [4.69, 9.17) is 0 Å². The van der Waals surface area contributed by atoms with Crippen molar-refractivity contribution in [1.82, 2.24) is 9.97 Å². The maximum absolute atomic E-state index is 13.2. The first-order valence-electron chi connectivity index (χ1n) is 9.88. The minimum absolute atomic E-state index is 0.0693. The van der Waals surface area contributed by atoms with Crippen molar-refractivity contribution >= 4 is 49.1 Å². The Hall–Kier alpha value is -4.11. The Morgan fingerprint density at radius 1 is 0.533 bits per heavy atom. The second kappa shape index (κ2) is 6.46. The molecule has 30 heavy (non-hydrogen) atoms. The van der Waals surface area contributed by atoms with Crippen molar-refractivity contribution in [2.75, 3.05) is 0 Å². The molecule has 0 aliphatic heterocycles. The Morgan fingerprint density at radius 2 is 0.967 bits per heavy atom. The monoisotopic (exact) mass is 384 g/mol. The van der Waals surface area contributed by atoms with E-state index in [1.165, 1.54) is 0 Å². The lowest BCUT2D eigenvalue weighted by molar-refractivity contribution is 0.103. The molecule has 0 bridgehead atoms. The quantitative estimate of drug-likeness (QED) is 0.259. The van der Waals surface area contributed by atoms with Crippen LogP contribution in [0.25, 0.3) is 43.4 Å². The van der Waals surface area contributed by atoms with Crippen LogP contribution in [0.2, 0.25) is 0 Å². The van der Waals surface area contributed by atoms with Crippen LogP contribution in [0, 0.1) is 0 Å². The van der Waals surface area contributed by atoms with Crippen molar-refractivity contribution in [2.45, 2.75) is 0 Å². The van der Waals surface area contributed by atoms with Gasteiger partial charge in [-0.1, -0.05) is 72.8 Å². The van der Waals surface area contributed by atoms with Crippen molar-refractivity contribution in [3.63, 3.8) is 0 Å². The first-order chi connectivity index (χ1) is 14.8. The summed E-state index contributed by atoms with van der Waals surface area (Å²) in [5, 5.41) is 6.38. The molecule has 0 fully saturated rings. The fraction of sp³-hybridized carbons (Fsp3) is 0. The highest BCUT2D eigenvalue weighted by Gasteiger charge is 2.13. The Morgan fingerprint density at radius 3 is 1.47 bits per heavy atom. The summed E-state index contributed by atoms with van der Waals surface area (Å²) < 4.78 is 0. The number of nitrogens with zero attached hydrogens (tertiary/aromatic N) is 2. The summed E-state index contributed by atoms with van der Waals surface area (Å²) in [4.78, 5) is 22.4. The van der Waals surface area contributed by atoms with Gasteiger partial charge in [0, 0.05) is 45.1 Å². The number of ketones is 1. The molecular formula is C27H16N2O. The molecule has 3 heteroatoms. The van der Waals surface area contributed by atoms with E-state index < -0.39 is 0 Å². The highest BCUT2D eigenvalue weighted by molar-refractivity contribution is 6.14. The molecule has 4 aromatic carbocycles. The molecule has 0 saturated carbocycles. The van der Waals surface area contributed by atoms with Crippen molar-refractivity contribution in [2.24, 2.45) is 0 Å².